The lowest BCUT2D eigenvalue weighted by molar-refractivity contribution is -0.139. The van der Waals surface area contributed by atoms with Crippen molar-refractivity contribution in [3.63, 3.8) is 0 Å². The lowest BCUT2D eigenvalue weighted by Gasteiger charge is -2.25. The Kier molecular flexibility index (Phi) is 6.77. The van der Waals surface area contributed by atoms with Crippen LogP contribution in [0.2, 0.25) is 0 Å². The molecule has 6 rings (SSSR count). The monoisotopic (exact) mass is 585 g/mol. The number of thiazole rings is 1. The second-order valence-electron chi connectivity index (χ2n) is 9.94. The number of aryl methyl sites for hydroxylation is 2. The SMILES string of the molecule is Cc1nc(C2=CC3=C(CC2c2ccc(S(=O)(=O)O)cc2)[N]c2cccc(-c4cccc(OCC(=O)O)c4)c23)sc1C. The molecule has 1 atom stereocenters. The van der Waals surface area contributed by atoms with E-state index < -0.39 is 22.7 Å². The molecule has 1 aromatic heterocycles. The lowest BCUT2D eigenvalue weighted by Crippen LogP contribution is -2.11. The third-order valence-corrected chi connectivity index (χ3v) is 9.30. The first-order valence-electron chi connectivity index (χ1n) is 12.9. The normalized spacial score (nSPS) is 16.1. The summed E-state index contributed by atoms with van der Waals surface area (Å²) < 4.78 is 38.2. The summed E-state index contributed by atoms with van der Waals surface area (Å²) >= 11 is 1.62. The highest BCUT2D eigenvalue weighted by Crippen LogP contribution is 2.51. The molecule has 1 radical (unpaired) electrons. The van der Waals surface area contributed by atoms with Crippen LogP contribution in [0.3, 0.4) is 0 Å². The van der Waals surface area contributed by atoms with E-state index in [0.29, 0.717) is 12.2 Å². The minimum atomic E-state index is -4.30. The Morgan fingerprint density at radius 2 is 1.83 bits per heavy atom. The second-order valence-corrected chi connectivity index (χ2v) is 12.6. The number of carboxylic acids is 1. The van der Waals surface area contributed by atoms with Crippen molar-refractivity contribution in [3.8, 4) is 16.9 Å². The molecule has 2 N–H and O–H groups in total. The largest absolute Gasteiger partial charge is 0.482 e. The maximum Gasteiger partial charge on any atom is 0.341 e. The number of nitrogens with zero attached hydrogens (tertiary/aromatic N) is 2. The summed E-state index contributed by atoms with van der Waals surface area (Å²) in [6.45, 7) is 3.60. The Hall–Kier alpha value is -4.25. The summed E-state index contributed by atoms with van der Waals surface area (Å²) in [7, 11) is -4.30. The zero-order chi connectivity index (χ0) is 28.9. The molecule has 207 valence electrons. The number of allylic oxidation sites excluding steroid dienone is 4. The van der Waals surface area contributed by atoms with E-state index in [9.17, 15) is 17.8 Å². The van der Waals surface area contributed by atoms with Crippen molar-refractivity contribution in [2.24, 2.45) is 0 Å². The van der Waals surface area contributed by atoms with Gasteiger partial charge in [-0.2, -0.15) is 8.42 Å². The van der Waals surface area contributed by atoms with Crippen LogP contribution in [0, 0.1) is 13.8 Å². The number of hydrogen-bond donors (Lipinski definition) is 2. The molecule has 1 aliphatic carbocycles. The molecule has 1 unspecified atom stereocenters. The number of carboxylic acid groups (broad SMARTS) is 1. The zero-order valence-electron chi connectivity index (χ0n) is 22.2. The molecule has 0 fully saturated rings. The van der Waals surface area contributed by atoms with Gasteiger partial charge in [0.05, 0.1) is 16.3 Å². The first kappa shape index (κ1) is 26.9. The van der Waals surface area contributed by atoms with Crippen LogP contribution in [0.25, 0.3) is 22.3 Å². The van der Waals surface area contributed by atoms with Gasteiger partial charge in [0.2, 0.25) is 0 Å². The third kappa shape index (κ3) is 5.17. The second kappa shape index (κ2) is 10.3. The molecular formula is C31H25N2O6S2. The van der Waals surface area contributed by atoms with Crippen LogP contribution in [0.5, 0.6) is 5.75 Å². The average molecular weight is 586 g/mol. The van der Waals surface area contributed by atoms with Crippen molar-refractivity contribution < 1.29 is 27.6 Å². The summed E-state index contributed by atoms with van der Waals surface area (Å²) in [5.41, 5.74) is 8.46. The van der Waals surface area contributed by atoms with Crippen molar-refractivity contribution in [1.29, 1.82) is 0 Å². The molecule has 0 saturated heterocycles. The van der Waals surface area contributed by atoms with Crippen molar-refractivity contribution >= 4 is 44.3 Å². The number of benzene rings is 3. The van der Waals surface area contributed by atoms with Crippen molar-refractivity contribution in [2.45, 2.75) is 31.1 Å². The van der Waals surface area contributed by atoms with Gasteiger partial charge in [-0.1, -0.05) is 36.4 Å². The van der Waals surface area contributed by atoms with Crippen molar-refractivity contribution in [1.82, 2.24) is 10.3 Å². The number of fused-ring (bicyclic) bond motifs is 2. The van der Waals surface area contributed by atoms with E-state index >= 15 is 0 Å². The maximum atomic E-state index is 11.6. The Bertz CT molecular complexity index is 1850. The number of aromatic nitrogens is 1. The fraction of sp³-hybridized carbons (Fsp3) is 0.161. The third-order valence-electron chi connectivity index (χ3n) is 7.31. The Labute approximate surface area is 241 Å². The highest BCUT2D eigenvalue weighted by atomic mass is 32.2. The van der Waals surface area contributed by atoms with Gasteiger partial charge in [-0.05, 0) is 72.5 Å². The van der Waals surface area contributed by atoms with Crippen LogP contribution in [0.1, 0.15) is 39.0 Å². The average Bonchev–Trinajstić information content (AvgIpc) is 3.49. The molecule has 8 nitrogen and oxygen atoms in total. The van der Waals surface area contributed by atoms with Crippen LogP contribution in [-0.4, -0.2) is 35.6 Å². The van der Waals surface area contributed by atoms with Gasteiger partial charge < -0.3 is 9.84 Å². The Morgan fingerprint density at radius 3 is 2.51 bits per heavy atom. The highest BCUT2D eigenvalue weighted by Gasteiger charge is 2.34. The molecule has 2 heterocycles. The Morgan fingerprint density at radius 1 is 1.07 bits per heavy atom. The number of rotatable bonds is 7. The molecule has 4 aromatic rings. The molecule has 0 amide bonds. The predicted octanol–water partition coefficient (Wildman–Crippen LogP) is 6.37. The summed E-state index contributed by atoms with van der Waals surface area (Å²) in [6, 6.07) is 19.6. The van der Waals surface area contributed by atoms with Gasteiger partial charge in [0, 0.05) is 34.0 Å². The van der Waals surface area contributed by atoms with E-state index in [4.69, 9.17) is 20.1 Å². The van der Waals surface area contributed by atoms with E-state index in [1.165, 1.54) is 12.1 Å². The number of carbonyl (C=O) groups is 1. The van der Waals surface area contributed by atoms with E-state index in [2.05, 4.69) is 6.08 Å². The van der Waals surface area contributed by atoms with Gasteiger partial charge >= 0.3 is 5.97 Å². The zero-order valence-corrected chi connectivity index (χ0v) is 23.8. The summed E-state index contributed by atoms with van der Waals surface area (Å²) in [5, 5.41) is 14.9. The van der Waals surface area contributed by atoms with Crippen LogP contribution in [0.15, 0.2) is 83.4 Å². The molecule has 0 saturated carbocycles. The minimum Gasteiger partial charge on any atom is -0.482 e. The molecule has 1 aliphatic heterocycles. The van der Waals surface area contributed by atoms with E-state index in [0.717, 1.165) is 60.4 Å². The minimum absolute atomic E-state index is 0.122. The van der Waals surface area contributed by atoms with Gasteiger partial charge in [-0.3, -0.25) is 9.87 Å². The first-order chi connectivity index (χ1) is 19.6. The molecule has 2 aliphatic rings. The quantitative estimate of drug-likeness (QED) is 0.241. The highest BCUT2D eigenvalue weighted by molar-refractivity contribution is 7.85. The van der Waals surface area contributed by atoms with Crippen molar-refractivity contribution in [2.75, 3.05) is 6.61 Å². The smallest absolute Gasteiger partial charge is 0.341 e. The Balaban J connectivity index is 1.45. The van der Waals surface area contributed by atoms with Crippen molar-refractivity contribution in [3.05, 3.63) is 105 Å². The van der Waals surface area contributed by atoms with E-state index in [-0.39, 0.29) is 10.8 Å². The van der Waals surface area contributed by atoms with Crippen LogP contribution < -0.4 is 10.1 Å². The summed E-state index contributed by atoms with van der Waals surface area (Å²) in [5.74, 6) is -0.698. The molecule has 0 spiro atoms. The van der Waals surface area contributed by atoms with Gasteiger partial charge in [0.15, 0.2) is 6.61 Å². The van der Waals surface area contributed by atoms with Crippen LogP contribution in [0.4, 0.5) is 5.69 Å². The van der Waals surface area contributed by atoms with E-state index in [1.54, 1.807) is 29.5 Å². The summed E-state index contributed by atoms with van der Waals surface area (Å²) in [4.78, 5) is 16.8. The van der Waals surface area contributed by atoms with Crippen LogP contribution in [-0.2, 0) is 14.9 Å². The standard InChI is InChI=1S/C31H25N2O6S2/c1-17-18(2)40-31(32-17)25-14-26-28(15-24(25)19-9-11-22(12-10-19)41(36,37)38)33-27-8-4-7-23(30(26)27)20-5-3-6-21(13-20)39-16-29(34)35/h3-14,24H,15-16H2,1-2H3,(H,34,35)(H,36,37,38). The van der Waals surface area contributed by atoms with Gasteiger partial charge in [0.1, 0.15) is 10.8 Å². The van der Waals surface area contributed by atoms with Gasteiger partial charge in [-0.15, -0.1) is 11.3 Å². The van der Waals surface area contributed by atoms with Gasteiger partial charge in [-0.25, -0.2) is 9.78 Å². The van der Waals surface area contributed by atoms with Gasteiger partial charge in [0.25, 0.3) is 10.1 Å². The predicted molar refractivity (Wildman–Crippen MR) is 157 cm³/mol. The number of ether oxygens (including phenoxy) is 1. The summed E-state index contributed by atoms with van der Waals surface area (Å²) in [6.07, 6.45) is 2.72. The molecular weight excluding hydrogens is 560 g/mol. The molecule has 41 heavy (non-hydrogen) atoms. The molecule has 10 heteroatoms. The maximum absolute atomic E-state index is 11.6. The number of aliphatic carboxylic acids is 1. The molecule has 0 bridgehead atoms. The lowest BCUT2D eigenvalue weighted by atomic mass is 9.80. The van der Waals surface area contributed by atoms with Crippen LogP contribution >= 0.6 is 11.3 Å². The first-order valence-corrected chi connectivity index (χ1v) is 15.1. The topological polar surface area (TPSA) is 128 Å². The fourth-order valence-electron chi connectivity index (χ4n) is 5.25. The number of hydrogen-bond acceptors (Lipinski definition) is 6. The van der Waals surface area contributed by atoms with E-state index in [1.807, 2.05) is 50.2 Å². The fourth-order valence-corrected chi connectivity index (χ4v) is 6.72. The molecule has 3 aromatic carbocycles.